The van der Waals surface area contributed by atoms with Crippen molar-refractivity contribution in [1.29, 1.82) is 0 Å². The largest absolute Gasteiger partial charge is 0.491 e. The van der Waals surface area contributed by atoms with Crippen molar-refractivity contribution in [3.8, 4) is 28.4 Å². The van der Waals surface area contributed by atoms with Crippen LogP contribution in [0.3, 0.4) is 0 Å². The average molecular weight is 468 g/mol. The minimum absolute atomic E-state index is 0.193. The fourth-order valence-electron chi connectivity index (χ4n) is 4.13. The summed E-state index contributed by atoms with van der Waals surface area (Å²) in [5.74, 6) is 2.73. The van der Waals surface area contributed by atoms with Crippen molar-refractivity contribution in [2.45, 2.75) is 51.9 Å². The fraction of sp³-hybridized carbons (Fsp3) is 0.480. The predicted molar refractivity (Wildman–Crippen MR) is 130 cm³/mol. The van der Waals surface area contributed by atoms with Gasteiger partial charge in [0.15, 0.2) is 5.82 Å². The lowest BCUT2D eigenvalue weighted by atomic mass is 9.89. The number of aryl methyl sites for hydroxylation is 2. The van der Waals surface area contributed by atoms with E-state index in [2.05, 4.69) is 15.8 Å². The minimum Gasteiger partial charge on any atom is -0.491 e. The van der Waals surface area contributed by atoms with Gasteiger partial charge in [-0.05, 0) is 52.8 Å². The first-order chi connectivity index (χ1) is 16.4. The van der Waals surface area contributed by atoms with E-state index < -0.39 is 6.10 Å². The molecule has 4 rings (SSSR count). The standard InChI is InChI=1S/C25H33N5O4/c1-14-23(22-15(2)30-34-16(22)3)28-25(29-24(14)27-18-10-21(11-18)32-5)17-7-6-8-20(9-17)33-13-19(31)12-26-4/h6-9,18-19,21,26,31H,10-13H2,1-5H3,(H,27,28,29)/t18-,19?,21-. The molecule has 1 aromatic carbocycles. The van der Waals surface area contributed by atoms with E-state index in [0.717, 1.165) is 52.5 Å². The maximum Gasteiger partial charge on any atom is 0.162 e. The molecule has 9 heteroatoms. The Hall–Kier alpha value is -3.01. The van der Waals surface area contributed by atoms with Crippen LogP contribution in [0.5, 0.6) is 5.75 Å². The highest BCUT2D eigenvalue weighted by molar-refractivity contribution is 5.74. The minimum atomic E-state index is -0.593. The molecule has 0 spiro atoms. The molecule has 2 aromatic heterocycles. The molecule has 3 N–H and O–H groups in total. The molecule has 0 amide bonds. The van der Waals surface area contributed by atoms with Gasteiger partial charge in [-0.1, -0.05) is 17.3 Å². The number of methoxy groups -OCH3 is 1. The first kappa shape index (κ1) is 24.1. The van der Waals surface area contributed by atoms with Crippen LogP contribution in [0, 0.1) is 20.8 Å². The molecule has 2 heterocycles. The number of aromatic nitrogens is 3. The molecule has 182 valence electrons. The number of hydrogen-bond donors (Lipinski definition) is 3. The number of aliphatic hydroxyl groups excluding tert-OH is 1. The lowest BCUT2D eigenvalue weighted by Gasteiger charge is -2.35. The van der Waals surface area contributed by atoms with Gasteiger partial charge in [-0.3, -0.25) is 0 Å². The van der Waals surface area contributed by atoms with Crippen LogP contribution in [0.4, 0.5) is 5.82 Å². The monoisotopic (exact) mass is 467 g/mol. The molecule has 0 saturated heterocycles. The predicted octanol–water partition coefficient (Wildman–Crippen LogP) is 3.27. The van der Waals surface area contributed by atoms with Crippen molar-refractivity contribution in [1.82, 2.24) is 20.4 Å². The van der Waals surface area contributed by atoms with Crippen LogP contribution in [-0.2, 0) is 4.74 Å². The number of hydrogen-bond acceptors (Lipinski definition) is 9. The second-order valence-corrected chi connectivity index (χ2v) is 8.79. The zero-order chi connectivity index (χ0) is 24.2. The maximum atomic E-state index is 9.96. The Labute approximate surface area is 199 Å². The Morgan fingerprint density at radius 3 is 2.68 bits per heavy atom. The number of nitrogens with zero attached hydrogens (tertiary/aromatic N) is 3. The van der Waals surface area contributed by atoms with Crippen LogP contribution in [-0.4, -0.2) is 65.8 Å². The number of nitrogens with one attached hydrogen (secondary N) is 2. The van der Waals surface area contributed by atoms with E-state index in [9.17, 15) is 5.11 Å². The van der Waals surface area contributed by atoms with Gasteiger partial charge in [0.1, 0.15) is 30.0 Å². The van der Waals surface area contributed by atoms with Crippen molar-refractivity contribution in [3.05, 3.63) is 41.3 Å². The second kappa shape index (κ2) is 10.5. The summed E-state index contributed by atoms with van der Waals surface area (Å²) in [6.45, 7) is 6.48. The van der Waals surface area contributed by atoms with E-state index in [1.807, 2.05) is 45.0 Å². The molecule has 1 unspecified atom stereocenters. The van der Waals surface area contributed by atoms with Gasteiger partial charge in [0.25, 0.3) is 0 Å². The summed E-state index contributed by atoms with van der Waals surface area (Å²) in [4.78, 5) is 9.81. The van der Waals surface area contributed by atoms with E-state index in [1.54, 1.807) is 14.2 Å². The van der Waals surface area contributed by atoms with Gasteiger partial charge < -0.3 is 29.7 Å². The Kier molecular flexibility index (Phi) is 7.45. The Balaban J connectivity index is 1.69. The highest BCUT2D eigenvalue weighted by atomic mass is 16.5. The van der Waals surface area contributed by atoms with Crippen molar-refractivity contribution >= 4 is 5.82 Å². The molecule has 1 fully saturated rings. The number of ether oxygens (including phenoxy) is 2. The molecule has 1 aliphatic rings. The topological polar surface area (TPSA) is 115 Å². The van der Waals surface area contributed by atoms with Crippen LogP contribution in [0.15, 0.2) is 28.8 Å². The summed E-state index contributed by atoms with van der Waals surface area (Å²) in [6.07, 6.45) is 1.57. The van der Waals surface area contributed by atoms with E-state index in [0.29, 0.717) is 24.2 Å². The first-order valence-corrected chi connectivity index (χ1v) is 11.6. The van der Waals surface area contributed by atoms with Crippen molar-refractivity contribution in [3.63, 3.8) is 0 Å². The fourth-order valence-corrected chi connectivity index (χ4v) is 4.13. The summed E-state index contributed by atoms with van der Waals surface area (Å²) in [7, 11) is 3.54. The van der Waals surface area contributed by atoms with Gasteiger partial charge in [0, 0.05) is 30.8 Å². The molecule has 1 saturated carbocycles. The van der Waals surface area contributed by atoms with Crippen LogP contribution >= 0.6 is 0 Å². The summed E-state index contributed by atoms with van der Waals surface area (Å²) in [5.41, 5.74) is 4.23. The molecule has 0 bridgehead atoms. The highest BCUT2D eigenvalue weighted by Gasteiger charge is 2.30. The van der Waals surface area contributed by atoms with Gasteiger partial charge in [-0.25, -0.2) is 9.97 Å². The van der Waals surface area contributed by atoms with E-state index >= 15 is 0 Å². The Bertz CT molecular complexity index is 1110. The molecular weight excluding hydrogens is 434 g/mol. The van der Waals surface area contributed by atoms with Crippen LogP contribution < -0.4 is 15.4 Å². The number of rotatable bonds is 10. The van der Waals surface area contributed by atoms with Gasteiger partial charge in [0.2, 0.25) is 0 Å². The second-order valence-electron chi connectivity index (χ2n) is 8.79. The smallest absolute Gasteiger partial charge is 0.162 e. The summed E-state index contributed by atoms with van der Waals surface area (Å²) in [5, 5.41) is 20.6. The van der Waals surface area contributed by atoms with Gasteiger partial charge in [-0.2, -0.15) is 0 Å². The van der Waals surface area contributed by atoms with E-state index in [1.165, 1.54) is 0 Å². The normalized spacial score (nSPS) is 18.4. The third-order valence-electron chi connectivity index (χ3n) is 6.16. The third-order valence-corrected chi connectivity index (χ3v) is 6.16. The molecule has 0 radical (unpaired) electrons. The van der Waals surface area contributed by atoms with Gasteiger partial charge in [0.05, 0.1) is 23.1 Å². The summed E-state index contributed by atoms with van der Waals surface area (Å²) < 4.78 is 16.7. The van der Waals surface area contributed by atoms with E-state index in [4.69, 9.17) is 24.0 Å². The zero-order valence-corrected chi connectivity index (χ0v) is 20.4. The van der Waals surface area contributed by atoms with Gasteiger partial charge in [-0.15, -0.1) is 0 Å². The van der Waals surface area contributed by atoms with Crippen molar-refractivity contribution < 1.29 is 19.1 Å². The van der Waals surface area contributed by atoms with Crippen LogP contribution in [0.25, 0.3) is 22.6 Å². The quantitative estimate of drug-likeness (QED) is 0.413. The van der Waals surface area contributed by atoms with E-state index in [-0.39, 0.29) is 12.7 Å². The lowest BCUT2D eigenvalue weighted by molar-refractivity contribution is 0.0328. The summed E-state index contributed by atoms with van der Waals surface area (Å²) in [6, 6.07) is 7.90. The number of benzene rings is 1. The Morgan fingerprint density at radius 1 is 1.21 bits per heavy atom. The molecule has 1 aliphatic carbocycles. The lowest BCUT2D eigenvalue weighted by Crippen LogP contribution is -2.40. The van der Waals surface area contributed by atoms with Crippen molar-refractivity contribution in [2.75, 3.05) is 32.6 Å². The third kappa shape index (κ3) is 5.22. The average Bonchev–Trinajstić information content (AvgIpc) is 3.13. The number of likely N-dealkylation sites (N-methyl/N-ethyl adjacent to an activating group) is 1. The van der Waals surface area contributed by atoms with Gasteiger partial charge >= 0.3 is 0 Å². The molecule has 1 atom stereocenters. The molecule has 3 aromatic rings. The van der Waals surface area contributed by atoms with Crippen LogP contribution in [0.1, 0.15) is 29.9 Å². The number of aliphatic hydroxyl groups is 1. The highest BCUT2D eigenvalue weighted by Crippen LogP contribution is 2.35. The summed E-state index contributed by atoms with van der Waals surface area (Å²) >= 11 is 0. The molecular formula is C25H33N5O4. The zero-order valence-electron chi connectivity index (χ0n) is 20.4. The number of anilines is 1. The molecule has 0 aliphatic heterocycles. The SMILES string of the molecule is CNCC(O)COc1cccc(-c2nc(N[C@H]3C[C@H](OC)C3)c(C)c(-c3c(C)noc3C)n2)c1. The Morgan fingerprint density at radius 2 is 2.00 bits per heavy atom. The molecule has 34 heavy (non-hydrogen) atoms. The maximum absolute atomic E-state index is 9.96. The van der Waals surface area contributed by atoms with Crippen molar-refractivity contribution in [2.24, 2.45) is 0 Å². The molecule has 9 nitrogen and oxygen atoms in total. The van der Waals surface area contributed by atoms with Crippen LogP contribution in [0.2, 0.25) is 0 Å². The first-order valence-electron chi connectivity index (χ1n) is 11.6.